The van der Waals surface area contributed by atoms with Crippen molar-refractivity contribution >= 4 is 23.2 Å². The van der Waals surface area contributed by atoms with Gasteiger partial charge >= 0.3 is 0 Å². The molecule has 0 aliphatic heterocycles. The Balaban J connectivity index is 1.80. The molecular weight excluding hydrogens is 288 g/mol. The van der Waals surface area contributed by atoms with Crippen LogP contribution >= 0.6 is 0 Å². The Morgan fingerprint density at radius 3 is 1.83 bits per heavy atom. The monoisotopic (exact) mass is 310 g/mol. The highest BCUT2D eigenvalue weighted by atomic mass is 16.2. The first-order valence-corrected chi connectivity index (χ1v) is 7.91. The van der Waals surface area contributed by atoms with Gasteiger partial charge in [-0.05, 0) is 42.7 Å². The molecule has 2 aromatic carbocycles. The molecule has 2 aromatic rings. The third kappa shape index (κ3) is 5.94. The van der Waals surface area contributed by atoms with Gasteiger partial charge < -0.3 is 10.6 Å². The van der Waals surface area contributed by atoms with Crippen molar-refractivity contribution < 1.29 is 9.59 Å². The van der Waals surface area contributed by atoms with E-state index in [0.717, 1.165) is 29.8 Å². The van der Waals surface area contributed by atoms with Crippen LogP contribution in [-0.2, 0) is 16.0 Å². The molecule has 0 heterocycles. The molecule has 0 aromatic heterocycles. The molecule has 2 rings (SSSR count). The highest BCUT2D eigenvalue weighted by Gasteiger charge is 2.04. The minimum absolute atomic E-state index is 0.00662. The molecule has 0 unspecified atom stereocenters. The molecule has 0 saturated carbocycles. The van der Waals surface area contributed by atoms with Crippen molar-refractivity contribution in [2.45, 2.75) is 32.6 Å². The molecular formula is C19H22N2O2. The fourth-order valence-electron chi connectivity index (χ4n) is 2.21. The quantitative estimate of drug-likeness (QED) is 0.812. The molecule has 2 N–H and O–H groups in total. The number of rotatable bonds is 7. The van der Waals surface area contributed by atoms with Gasteiger partial charge in [0.05, 0.1) is 0 Å². The number of nitrogens with one attached hydrogen (secondary N) is 2. The van der Waals surface area contributed by atoms with Crippen molar-refractivity contribution in [2.24, 2.45) is 0 Å². The highest BCUT2D eigenvalue weighted by molar-refractivity contribution is 5.93. The van der Waals surface area contributed by atoms with Crippen LogP contribution in [0.1, 0.15) is 31.7 Å². The smallest absolute Gasteiger partial charge is 0.224 e. The number of benzene rings is 2. The lowest BCUT2D eigenvalue weighted by Gasteiger charge is -2.08. The zero-order chi connectivity index (χ0) is 16.5. The molecule has 0 radical (unpaired) electrons. The molecule has 23 heavy (non-hydrogen) atoms. The number of anilines is 2. The summed E-state index contributed by atoms with van der Waals surface area (Å²) in [4.78, 5) is 23.5. The van der Waals surface area contributed by atoms with Crippen LogP contribution in [0.15, 0.2) is 54.6 Å². The average molecular weight is 310 g/mol. The summed E-state index contributed by atoms with van der Waals surface area (Å²) in [6.07, 6.45) is 2.50. The molecule has 0 aliphatic rings. The second-order valence-electron chi connectivity index (χ2n) is 5.41. The van der Waals surface area contributed by atoms with E-state index in [9.17, 15) is 9.59 Å². The summed E-state index contributed by atoms with van der Waals surface area (Å²) in [5.41, 5.74) is 2.62. The van der Waals surface area contributed by atoms with E-state index in [1.54, 1.807) is 24.3 Å². The van der Waals surface area contributed by atoms with E-state index in [1.807, 2.05) is 37.3 Å². The molecule has 0 spiro atoms. The van der Waals surface area contributed by atoms with Gasteiger partial charge in [-0.25, -0.2) is 0 Å². The Kier molecular flexibility index (Phi) is 6.36. The zero-order valence-electron chi connectivity index (χ0n) is 13.3. The predicted octanol–water partition coefficient (Wildman–Crippen LogP) is 4.00. The van der Waals surface area contributed by atoms with Crippen LogP contribution in [0.5, 0.6) is 0 Å². The molecule has 120 valence electrons. The largest absolute Gasteiger partial charge is 0.326 e. The van der Waals surface area contributed by atoms with Crippen molar-refractivity contribution in [1.82, 2.24) is 0 Å². The van der Waals surface area contributed by atoms with Crippen molar-refractivity contribution in [2.75, 3.05) is 10.6 Å². The topological polar surface area (TPSA) is 58.2 Å². The first kappa shape index (κ1) is 16.7. The van der Waals surface area contributed by atoms with Crippen molar-refractivity contribution in [3.8, 4) is 0 Å². The van der Waals surface area contributed by atoms with Crippen molar-refractivity contribution in [3.63, 3.8) is 0 Å². The number of carbonyl (C=O) groups excluding carboxylic acids is 2. The fraction of sp³-hybridized carbons (Fsp3) is 0.263. The Hall–Kier alpha value is -2.62. The Bertz CT molecular complexity index is 636. The van der Waals surface area contributed by atoms with Gasteiger partial charge in [0.2, 0.25) is 11.8 Å². The second kappa shape index (κ2) is 8.73. The summed E-state index contributed by atoms with van der Waals surface area (Å²) in [6, 6.07) is 17.1. The molecule has 4 heteroatoms. The van der Waals surface area contributed by atoms with Gasteiger partial charge in [-0.15, -0.1) is 0 Å². The number of hydrogen-bond donors (Lipinski definition) is 2. The molecule has 0 saturated heterocycles. The molecule has 0 fully saturated rings. The fourth-order valence-corrected chi connectivity index (χ4v) is 2.21. The van der Waals surface area contributed by atoms with Crippen LogP contribution in [-0.4, -0.2) is 11.8 Å². The summed E-state index contributed by atoms with van der Waals surface area (Å²) in [6.45, 7) is 1.97. The molecule has 4 nitrogen and oxygen atoms in total. The summed E-state index contributed by atoms with van der Waals surface area (Å²) < 4.78 is 0. The lowest BCUT2D eigenvalue weighted by atomic mass is 10.1. The Morgan fingerprint density at radius 1 is 0.783 bits per heavy atom. The van der Waals surface area contributed by atoms with Crippen LogP contribution < -0.4 is 10.6 Å². The van der Waals surface area contributed by atoms with Crippen molar-refractivity contribution in [3.05, 3.63) is 60.2 Å². The molecule has 0 bridgehead atoms. The number of carbonyl (C=O) groups is 2. The average Bonchev–Trinajstić information content (AvgIpc) is 2.56. The molecule has 2 amide bonds. The number of aryl methyl sites for hydroxylation is 1. The standard InChI is InChI=1S/C19H22N2O2/c1-2-6-18(22)20-16-10-12-17(13-11-16)21-19(23)14-9-15-7-4-3-5-8-15/h3-5,7-8,10-13H,2,6,9,14H2,1H3,(H,20,22)(H,21,23). The van der Waals surface area contributed by atoms with Gasteiger partial charge in [-0.1, -0.05) is 37.3 Å². The third-order valence-electron chi connectivity index (χ3n) is 3.41. The van der Waals surface area contributed by atoms with E-state index in [1.165, 1.54) is 0 Å². The maximum absolute atomic E-state index is 12.0. The number of hydrogen-bond acceptors (Lipinski definition) is 2. The Morgan fingerprint density at radius 2 is 1.30 bits per heavy atom. The van der Waals surface area contributed by atoms with Crippen LogP contribution in [0, 0.1) is 0 Å². The highest BCUT2D eigenvalue weighted by Crippen LogP contribution is 2.14. The normalized spacial score (nSPS) is 10.1. The molecule has 0 aliphatic carbocycles. The third-order valence-corrected chi connectivity index (χ3v) is 3.41. The predicted molar refractivity (Wildman–Crippen MR) is 93.4 cm³/mol. The maximum Gasteiger partial charge on any atom is 0.224 e. The lowest BCUT2D eigenvalue weighted by molar-refractivity contribution is -0.117. The van der Waals surface area contributed by atoms with E-state index in [4.69, 9.17) is 0 Å². The van der Waals surface area contributed by atoms with Gasteiger partial charge in [-0.3, -0.25) is 9.59 Å². The van der Waals surface area contributed by atoms with Gasteiger partial charge in [0.25, 0.3) is 0 Å². The summed E-state index contributed by atoms with van der Waals surface area (Å²) in [7, 11) is 0. The van der Waals surface area contributed by atoms with Crippen LogP contribution in [0.25, 0.3) is 0 Å². The van der Waals surface area contributed by atoms with E-state index in [-0.39, 0.29) is 11.8 Å². The maximum atomic E-state index is 12.0. The van der Waals surface area contributed by atoms with Crippen molar-refractivity contribution in [1.29, 1.82) is 0 Å². The van der Waals surface area contributed by atoms with Crippen LogP contribution in [0.3, 0.4) is 0 Å². The van der Waals surface area contributed by atoms with Gasteiger partial charge in [0, 0.05) is 24.2 Å². The van der Waals surface area contributed by atoms with E-state index >= 15 is 0 Å². The SMILES string of the molecule is CCCC(=O)Nc1ccc(NC(=O)CCc2ccccc2)cc1. The first-order valence-electron chi connectivity index (χ1n) is 7.91. The van der Waals surface area contributed by atoms with Crippen LogP contribution in [0.4, 0.5) is 11.4 Å². The van der Waals surface area contributed by atoms with Gasteiger partial charge in [0.1, 0.15) is 0 Å². The van der Waals surface area contributed by atoms with Gasteiger partial charge in [-0.2, -0.15) is 0 Å². The minimum Gasteiger partial charge on any atom is -0.326 e. The van der Waals surface area contributed by atoms with E-state index < -0.39 is 0 Å². The number of amides is 2. The van der Waals surface area contributed by atoms with E-state index in [0.29, 0.717) is 12.8 Å². The Labute approximate surface area is 136 Å². The second-order valence-corrected chi connectivity index (χ2v) is 5.41. The minimum atomic E-state index is -0.0170. The van der Waals surface area contributed by atoms with Gasteiger partial charge in [0.15, 0.2) is 0 Å². The lowest BCUT2D eigenvalue weighted by Crippen LogP contribution is -2.13. The molecule has 0 atom stereocenters. The summed E-state index contributed by atoms with van der Waals surface area (Å²) in [5.74, 6) is -0.0104. The summed E-state index contributed by atoms with van der Waals surface area (Å²) >= 11 is 0. The zero-order valence-corrected chi connectivity index (χ0v) is 13.3. The van der Waals surface area contributed by atoms with E-state index in [2.05, 4.69) is 10.6 Å². The van der Waals surface area contributed by atoms with Crippen LogP contribution in [0.2, 0.25) is 0 Å². The first-order chi connectivity index (χ1) is 11.2. The summed E-state index contributed by atoms with van der Waals surface area (Å²) in [5, 5.41) is 5.68.